The predicted molar refractivity (Wildman–Crippen MR) is 121 cm³/mol. The Morgan fingerprint density at radius 2 is 1.58 bits per heavy atom. The summed E-state index contributed by atoms with van der Waals surface area (Å²) in [4.78, 5) is 24.1. The summed E-state index contributed by atoms with van der Waals surface area (Å²) < 4.78 is 5.55. The zero-order chi connectivity index (χ0) is 21.2. The first-order valence-electron chi connectivity index (χ1n) is 10.6. The van der Waals surface area contributed by atoms with E-state index in [0.717, 1.165) is 23.1 Å². The van der Waals surface area contributed by atoms with Crippen LogP contribution in [0.1, 0.15) is 45.0 Å². The number of alkyl carbamates (subject to hydrolysis) is 1. The van der Waals surface area contributed by atoms with Crippen LogP contribution in [0.2, 0.25) is 0 Å². The highest BCUT2D eigenvalue weighted by molar-refractivity contribution is 6.01. The molecule has 1 amide bonds. The Balaban J connectivity index is 1.18. The highest BCUT2D eigenvalue weighted by Crippen LogP contribution is 2.44. The molecule has 0 aliphatic heterocycles. The van der Waals surface area contributed by atoms with Crippen LogP contribution in [0.25, 0.3) is 17.2 Å². The first kappa shape index (κ1) is 19.3. The predicted octanol–water partition coefficient (Wildman–Crippen LogP) is 5.37. The van der Waals surface area contributed by atoms with Crippen molar-refractivity contribution >= 4 is 18.0 Å². The van der Waals surface area contributed by atoms with Crippen molar-refractivity contribution in [2.24, 2.45) is 0 Å². The number of ketones is 1. The minimum Gasteiger partial charge on any atom is -0.449 e. The van der Waals surface area contributed by atoms with Crippen molar-refractivity contribution < 1.29 is 14.3 Å². The lowest BCUT2D eigenvalue weighted by Gasteiger charge is -2.14. The second-order valence-corrected chi connectivity index (χ2v) is 7.91. The van der Waals surface area contributed by atoms with Gasteiger partial charge >= 0.3 is 6.09 Å². The molecule has 31 heavy (non-hydrogen) atoms. The molecular formula is C27H23NO3. The molecule has 0 atom stereocenters. The van der Waals surface area contributed by atoms with E-state index in [0.29, 0.717) is 19.6 Å². The van der Waals surface area contributed by atoms with Crippen molar-refractivity contribution in [1.82, 2.24) is 5.32 Å². The van der Waals surface area contributed by atoms with E-state index in [1.807, 2.05) is 54.6 Å². The molecule has 2 aliphatic carbocycles. The van der Waals surface area contributed by atoms with E-state index in [-0.39, 0.29) is 11.7 Å². The van der Waals surface area contributed by atoms with Gasteiger partial charge in [-0.1, -0.05) is 78.9 Å². The molecule has 3 aromatic carbocycles. The topological polar surface area (TPSA) is 55.4 Å². The highest BCUT2D eigenvalue weighted by Gasteiger charge is 2.28. The van der Waals surface area contributed by atoms with Crippen LogP contribution in [0.5, 0.6) is 0 Å². The minimum atomic E-state index is -0.431. The highest BCUT2D eigenvalue weighted by atomic mass is 16.5. The molecule has 0 saturated heterocycles. The molecule has 0 bridgehead atoms. The molecular weight excluding hydrogens is 386 g/mol. The van der Waals surface area contributed by atoms with Gasteiger partial charge in [-0.15, -0.1) is 0 Å². The Morgan fingerprint density at radius 3 is 2.32 bits per heavy atom. The summed E-state index contributed by atoms with van der Waals surface area (Å²) >= 11 is 0. The van der Waals surface area contributed by atoms with Crippen LogP contribution in [0, 0.1) is 0 Å². The molecule has 0 heterocycles. The zero-order valence-electron chi connectivity index (χ0n) is 17.1. The van der Waals surface area contributed by atoms with E-state index in [1.54, 1.807) is 0 Å². The second-order valence-electron chi connectivity index (χ2n) is 7.91. The average molecular weight is 409 g/mol. The molecule has 3 aromatic rings. The molecule has 0 aromatic heterocycles. The van der Waals surface area contributed by atoms with Crippen LogP contribution in [0.15, 0.2) is 72.8 Å². The fourth-order valence-electron chi connectivity index (χ4n) is 4.65. The normalized spacial score (nSPS) is 14.4. The van der Waals surface area contributed by atoms with Gasteiger partial charge in [-0.05, 0) is 39.8 Å². The maximum Gasteiger partial charge on any atom is 0.407 e. The third kappa shape index (κ3) is 3.66. The average Bonchev–Trinajstić information content (AvgIpc) is 3.34. The first-order valence-corrected chi connectivity index (χ1v) is 10.6. The fourth-order valence-corrected chi connectivity index (χ4v) is 4.65. The third-order valence-electron chi connectivity index (χ3n) is 6.12. The van der Waals surface area contributed by atoms with Crippen molar-refractivity contribution in [3.05, 3.63) is 101 Å². The van der Waals surface area contributed by atoms with E-state index in [1.165, 1.54) is 22.3 Å². The maximum atomic E-state index is 12.3. The van der Waals surface area contributed by atoms with Gasteiger partial charge in [-0.2, -0.15) is 0 Å². The monoisotopic (exact) mass is 409 g/mol. The molecule has 0 radical (unpaired) electrons. The molecule has 4 heteroatoms. The molecule has 5 rings (SSSR count). The van der Waals surface area contributed by atoms with Crippen LogP contribution in [-0.2, 0) is 11.2 Å². The van der Waals surface area contributed by atoms with Crippen LogP contribution in [0.4, 0.5) is 4.79 Å². The summed E-state index contributed by atoms with van der Waals surface area (Å²) in [6.45, 7) is 0.673. The number of carbonyl (C=O) groups excluding carboxylic acids is 2. The van der Waals surface area contributed by atoms with Crippen molar-refractivity contribution in [2.45, 2.75) is 18.8 Å². The van der Waals surface area contributed by atoms with Gasteiger partial charge in [0.05, 0.1) is 0 Å². The number of rotatable bonds is 5. The minimum absolute atomic E-state index is 0.0538. The Morgan fingerprint density at radius 1 is 0.903 bits per heavy atom. The summed E-state index contributed by atoms with van der Waals surface area (Å²) in [5.74, 6) is 0.264. The SMILES string of the molecule is O=C(NCC=Cc1cccc2c1CCC2=O)OCC1c2ccccc2-c2ccccc21. The van der Waals surface area contributed by atoms with Gasteiger partial charge in [-0.3, -0.25) is 4.79 Å². The molecule has 2 aliphatic rings. The molecule has 0 saturated carbocycles. The number of amides is 1. The van der Waals surface area contributed by atoms with Crippen molar-refractivity contribution in [1.29, 1.82) is 0 Å². The Labute approximate surface area is 181 Å². The summed E-state index contributed by atoms with van der Waals surface area (Å²) in [6, 6.07) is 22.4. The molecule has 154 valence electrons. The summed E-state index contributed by atoms with van der Waals surface area (Å²) in [6.07, 6.45) is 4.79. The summed E-state index contributed by atoms with van der Waals surface area (Å²) in [7, 11) is 0. The van der Waals surface area contributed by atoms with Gasteiger partial charge in [-0.25, -0.2) is 4.79 Å². The number of nitrogens with one attached hydrogen (secondary N) is 1. The number of benzene rings is 3. The largest absolute Gasteiger partial charge is 0.449 e. The lowest BCUT2D eigenvalue weighted by molar-refractivity contribution is 0.0994. The Kier molecular flexibility index (Phi) is 5.13. The van der Waals surface area contributed by atoms with E-state index in [4.69, 9.17) is 4.74 Å². The van der Waals surface area contributed by atoms with Crippen molar-refractivity contribution in [3.63, 3.8) is 0 Å². The van der Waals surface area contributed by atoms with Crippen LogP contribution >= 0.6 is 0 Å². The standard InChI is InChI=1S/C27H23NO3/c29-26-15-14-19-18(7-5-13-24(19)26)8-6-16-28-27(30)31-17-25-22-11-3-1-9-20(22)21-10-2-4-12-23(21)25/h1-13,25H,14-17H2,(H,28,30). The van der Waals surface area contributed by atoms with E-state index in [9.17, 15) is 9.59 Å². The van der Waals surface area contributed by atoms with Crippen LogP contribution in [-0.4, -0.2) is 25.0 Å². The fraction of sp³-hybridized carbons (Fsp3) is 0.185. The lowest BCUT2D eigenvalue weighted by atomic mass is 9.98. The van der Waals surface area contributed by atoms with Crippen molar-refractivity contribution in [3.8, 4) is 11.1 Å². The van der Waals surface area contributed by atoms with E-state index in [2.05, 4.69) is 29.6 Å². The number of hydrogen-bond acceptors (Lipinski definition) is 3. The van der Waals surface area contributed by atoms with Gasteiger partial charge in [0.2, 0.25) is 0 Å². The van der Waals surface area contributed by atoms with E-state index >= 15 is 0 Å². The smallest absolute Gasteiger partial charge is 0.407 e. The first-order chi connectivity index (χ1) is 15.2. The van der Waals surface area contributed by atoms with Gasteiger partial charge in [0, 0.05) is 24.4 Å². The van der Waals surface area contributed by atoms with Gasteiger partial charge in [0.25, 0.3) is 0 Å². The zero-order valence-corrected chi connectivity index (χ0v) is 17.1. The van der Waals surface area contributed by atoms with Gasteiger partial charge in [0.1, 0.15) is 6.61 Å². The number of fused-ring (bicyclic) bond motifs is 4. The van der Waals surface area contributed by atoms with Crippen LogP contribution in [0.3, 0.4) is 0 Å². The Hall–Kier alpha value is -3.66. The summed E-state index contributed by atoms with van der Waals surface area (Å²) in [5.41, 5.74) is 7.79. The molecule has 0 fully saturated rings. The number of Topliss-reactive ketones (excluding diaryl/α,β-unsaturated/α-hetero) is 1. The molecule has 1 N–H and O–H groups in total. The number of carbonyl (C=O) groups is 2. The maximum absolute atomic E-state index is 12.3. The molecule has 0 spiro atoms. The number of hydrogen-bond donors (Lipinski definition) is 1. The van der Waals surface area contributed by atoms with E-state index < -0.39 is 6.09 Å². The lowest BCUT2D eigenvalue weighted by Crippen LogP contribution is -2.26. The Bertz CT molecular complexity index is 1150. The summed E-state index contributed by atoms with van der Waals surface area (Å²) in [5, 5.41) is 2.79. The second kappa shape index (κ2) is 8.23. The van der Waals surface area contributed by atoms with Gasteiger partial charge in [0.15, 0.2) is 5.78 Å². The molecule has 4 nitrogen and oxygen atoms in total. The third-order valence-corrected chi connectivity index (χ3v) is 6.12. The van der Waals surface area contributed by atoms with Crippen molar-refractivity contribution in [2.75, 3.05) is 13.2 Å². The number of ether oxygens (including phenoxy) is 1. The van der Waals surface area contributed by atoms with Crippen LogP contribution < -0.4 is 5.32 Å². The molecule has 0 unspecified atom stereocenters. The van der Waals surface area contributed by atoms with Gasteiger partial charge < -0.3 is 10.1 Å². The quantitative estimate of drug-likeness (QED) is 0.617.